The van der Waals surface area contributed by atoms with E-state index >= 15 is 0 Å². The number of anilines is 1. The molecule has 82 valence electrons. The molecule has 16 heavy (non-hydrogen) atoms. The lowest BCUT2D eigenvalue weighted by molar-refractivity contribution is 1.01. The maximum absolute atomic E-state index is 4.18. The molecular formula is C11H15BN4. The maximum Gasteiger partial charge on any atom is 0.229 e. The number of allylic oxidation sites excluding steroid dienone is 4. The second kappa shape index (κ2) is 5.85. The van der Waals surface area contributed by atoms with E-state index in [4.69, 9.17) is 0 Å². The summed E-state index contributed by atoms with van der Waals surface area (Å²) in [7, 11) is 1.84. The molecule has 0 saturated heterocycles. The Morgan fingerprint density at radius 3 is 2.69 bits per heavy atom. The Hall–Kier alpha value is -1.91. The molecule has 0 radical (unpaired) electrons. The van der Waals surface area contributed by atoms with Gasteiger partial charge in [-0.15, -0.1) is 0 Å². The Morgan fingerprint density at radius 1 is 1.38 bits per heavy atom. The minimum absolute atomic E-state index is 0.542. The molecule has 5 heteroatoms. The minimum atomic E-state index is 0.542. The van der Waals surface area contributed by atoms with E-state index in [0.717, 1.165) is 5.70 Å². The molecule has 1 aromatic heterocycles. The first-order valence-electron chi connectivity index (χ1n) is 5.07. The first-order chi connectivity index (χ1) is 7.65. The predicted octanol–water partition coefficient (Wildman–Crippen LogP) is 0.496. The largest absolute Gasteiger partial charge is 0.324 e. The molecule has 0 saturated carbocycles. The van der Waals surface area contributed by atoms with Crippen LogP contribution in [0.3, 0.4) is 0 Å². The predicted molar refractivity (Wildman–Crippen MR) is 69.5 cm³/mol. The molecule has 0 aliphatic carbocycles. The van der Waals surface area contributed by atoms with Crippen molar-refractivity contribution in [3.8, 4) is 0 Å². The third kappa shape index (κ3) is 3.69. The maximum atomic E-state index is 4.18. The van der Waals surface area contributed by atoms with Crippen molar-refractivity contribution in [3.05, 3.63) is 42.4 Å². The average Bonchev–Trinajstić information content (AvgIpc) is 2.22. The van der Waals surface area contributed by atoms with Crippen LogP contribution < -0.4 is 11.0 Å². The highest BCUT2D eigenvalue weighted by molar-refractivity contribution is 6.29. The van der Waals surface area contributed by atoms with Gasteiger partial charge in [0.15, 0.2) is 7.85 Å². The summed E-state index contributed by atoms with van der Waals surface area (Å²) in [4.78, 5) is 12.5. The van der Waals surface area contributed by atoms with Gasteiger partial charge in [-0.1, -0.05) is 18.7 Å². The highest BCUT2D eigenvalue weighted by Gasteiger charge is 2.00. The molecule has 0 unspecified atom stereocenters. The van der Waals surface area contributed by atoms with Crippen molar-refractivity contribution < 1.29 is 0 Å². The van der Waals surface area contributed by atoms with Crippen molar-refractivity contribution in [2.75, 3.05) is 5.32 Å². The fraction of sp³-hybridized carbons (Fsp3) is 0.182. The van der Waals surface area contributed by atoms with Crippen LogP contribution in [0.4, 0.5) is 5.95 Å². The topological polar surface area (TPSA) is 50.7 Å². The van der Waals surface area contributed by atoms with E-state index in [1.807, 2.05) is 39.9 Å². The summed E-state index contributed by atoms with van der Waals surface area (Å²) in [5.74, 6) is 1.24. The van der Waals surface area contributed by atoms with Gasteiger partial charge in [-0.05, 0) is 26.0 Å². The van der Waals surface area contributed by atoms with E-state index in [1.54, 1.807) is 6.08 Å². The Kier molecular flexibility index (Phi) is 4.45. The van der Waals surface area contributed by atoms with Gasteiger partial charge in [-0.25, -0.2) is 9.97 Å². The van der Waals surface area contributed by atoms with Gasteiger partial charge in [0.25, 0.3) is 0 Å². The first-order valence-corrected chi connectivity index (χ1v) is 5.07. The number of aryl methyl sites for hydroxylation is 1. The molecule has 0 aliphatic heterocycles. The summed E-state index contributed by atoms with van der Waals surface area (Å²) in [5.41, 5.74) is 1.55. The highest BCUT2D eigenvalue weighted by atomic mass is 15.1. The van der Waals surface area contributed by atoms with Crippen LogP contribution in [0.2, 0.25) is 0 Å². The first kappa shape index (κ1) is 12.2. The third-order valence-corrected chi connectivity index (χ3v) is 1.80. The van der Waals surface area contributed by atoms with Gasteiger partial charge in [-0.2, -0.15) is 4.98 Å². The normalized spacial score (nSPS) is 11.8. The number of nitrogens with zero attached hydrogens (tertiary/aromatic N) is 3. The van der Waals surface area contributed by atoms with Crippen molar-refractivity contribution in [1.82, 2.24) is 15.0 Å². The van der Waals surface area contributed by atoms with E-state index in [-0.39, 0.29) is 0 Å². The number of nitrogens with one attached hydrogen (secondary N) is 1. The summed E-state index contributed by atoms with van der Waals surface area (Å²) in [6, 6.07) is 0. The van der Waals surface area contributed by atoms with Crippen LogP contribution in [-0.4, -0.2) is 22.8 Å². The molecule has 1 rings (SSSR count). The van der Waals surface area contributed by atoms with Gasteiger partial charge in [-0.3, -0.25) is 0 Å². The van der Waals surface area contributed by atoms with E-state index in [2.05, 4.69) is 26.8 Å². The van der Waals surface area contributed by atoms with Crippen LogP contribution in [-0.2, 0) is 0 Å². The van der Waals surface area contributed by atoms with E-state index in [1.165, 1.54) is 0 Å². The van der Waals surface area contributed by atoms with Gasteiger partial charge >= 0.3 is 0 Å². The molecule has 4 nitrogen and oxygen atoms in total. The molecule has 0 aromatic carbocycles. The fourth-order valence-electron chi connectivity index (χ4n) is 1.16. The summed E-state index contributed by atoms with van der Waals surface area (Å²) in [6.45, 7) is 7.51. The molecule has 0 bridgehead atoms. The Balaban J connectivity index is 2.89. The molecule has 0 atom stereocenters. The summed E-state index contributed by atoms with van der Waals surface area (Å²) in [5, 5.41) is 3.07. The Morgan fingerprint density at radius 2 is 2.12 bits per heavy atom. The molecule has 0 spiro atoms. The molecule has 0 aliphatic rings. The molecule has 0 fully saturated rings. The van der Waals surface area contributed by atoms with Gasteiger partial charge in [0, 0.05) is 5.70 Å². The third-order valence-electron chi connectivity index (χ3n) is 1.80. The van der Waals surface area contributed by atoms with E-state index < -0.39 is 0 Å². The van der Waals surface area contributed by atoms with E-state index in [0.29, 0.717) is 17.5 Å². The molecular weight excluding hydrogens is 199 g/mol. The number of hydrogen-bond acceptors (Lipinski definition) is 4. The second-order valence-corrected chi connectivity index (χ2v) is 3.23. The smallest absolute Gasteiger partial charge is 0.229 e. The zero-order chi connectivity index (χ0) is 12.0. The number of rotatable bonds is 4. The van der Waals surface area contributed by atoms with E-state index in [9.17, 15) is 0 Å². The van der Waals surface area contributed by atoms with Crippen molar-refractivity contribution >= 4 is 19.5 Å². The van der Waals surface area contributed by atoms with Crippen molar-refractivity contribution in [1.29, 1.82) is 0 Å². The second-order valence-electron chi connectivity index (χ2n) is 3.23. The zero-order valence-electron chi connectivity index (χ0n) is 9.86. The molecule has 1 N–H and O–H groups in total. The van der Waals surface area contributed by atoms with Gasteiger partial charge in [0.1, 0.15) is 5.82 Å². The summed E-state index contributed by atoms with van der Waals surface area (Å²) in [6.07, 6.45) is 7.48. The van der Waals surface area contributed by atoms with Crippen LogP contribution in [0.15, 0.2) is 36.6 Å². The molecule has 0 amide bonds. The SMILES string of the molecule is Bc1nc(C)nc(N/C(C=C)=C/C=C\C)n1. The van der Waals surface area contributed by atoms with Crippen LogP contribution in [0, 0.1) is 6.92 Å². The number of aromatic nitrogens is 3. The Labute approximate surface area is 96.6 Å². The lowest BCUT2D eigenvalue weighted by Crippen LogP contribution is -2.18. The minimum Gasteiger partial charge on any atom is -0.324 e. The average molecular weight is 214 g/mol. The Bertz CT molecular complexity index is 417. The highest BCUT2D eigenvalue weighted by Crippen LogP contribution is 2.02. The summed E-state index contributed by atoms with van der Waals surface area (Å²) >= 11 is 0. The van der Waals surface area contributed by atoms with Crippen LogP contribution in [0.1, 0.15) is 12.7 Å². The standard InChI is InChI=1S/C11H15BN4/c1-4-6-7-9(5-2)15-11-14-8(3)13-10(12)16-11/h4-7H,2,12H2,1,3H3,(H,13,14,15,16)/b6-4-,9-7+. The fourth-order valence-corrected chi connectivity index (χ4v) is 1.16. The monoisotopic (exact) mass is 214 g/mol. The van der Waals surface area contributed by atoms with Crippen LogP contribution in [0.25, 0.3) is 0 Å². The van der Waals surface area contributed by atoms with Gasteiger partial charge in [0.2, 0.25) is 5.95 Å². The molecule has 1 aromatic rings. The van der Waals surface area contributed by atoms with Crippen LogP contribution in [0.5, 0.6) is 0 Å². The summed E-state index contributed by atoms with van der Waals surface area (Å²) < 4.78 is 0. The van der Waals surface area contributed by atoms with Gasteiger partial charge in [0.05, 0.1) is 5.72 Å². The lowest BCUT2D eigenvalue weighted by Gasteiger charge is -2.05. The quantitative estimate of drug-likeness (QED) is 0.585. The van der Waals surface area contributed by atoms with Crippen LogP contribution >= 0.6 is 0 Å². The molecule has 1 heterocycles. The number of hydrogen-bond donors (Lipinski definition) is 1. The zero-order valence-corrected chi connectivity index (χ0v) is 9.86. The van der Waals surface area contributed by atoms with Crippen molar-refractivity contribution in [2.45, 2.75) is 13.8 Å². The van der Waals surface area contributed by atoms with Crippen molar-refractivity contribution in [3.63, 3.8) is 0 Å². The van der Waals surface area contributed by atoms with Crippen molar-refractivity contribution in [2.24, 2.45) is 0 Å². The van der Waals surface area contributed by atoms with Gasteiger partial charge < -0.3 is 5.32 Å². The lowest BCUT2D eigenvalue weighted by atomic mass is 10.1.